The third-order valence-electron chi connectivity index (χ3n) is 2.95. The average molecular weight is 250 g/mol. The summed E-state index contributed by atoms with van der Waals surface area (Å²) in [6.45, 7) is 0.490. The number of nitrogens with zero attached hydrogens (tertiary/aromatic N) is 2. The van der Waals surface area contributed by atoms with Crippen LogP contribution in [0.1, 0.15) is 5.56 Å². The van der Waals surface area contributed by atoms with Crippen LogP contribution in [0.3, 0.4) is 0 Å². The smallest absolute Gasteiger partial charge is 0.149 e. The van der Waals surface area contributed by atoms with Crippen molar-refractivity contribution in [2.75, 3.05) is 5.32 Å². The molecule has 0 atom stereocenters. The van der Waals surface area contributed by atoms with Gasteiger partial charge in [0.2, 0.25) is 0 Å². The molecule has 0 aliphatic carbocycles. The van der Waals surface area contributed by atoms with E-state index in [1.165, 1.54) is 0 Å². The molecule has 0 bridgehead atoms. The summed E-state index contributed by atoms with van der Waals surface area (Å²) in [6.07, 6.45) is 1.73. The van der Waals surface area contributed by atoms with Gasteiger partial charge in [0, 0.05) is 12.2 Å². The number of nitrogens with two attached hydrogens (primary N) is 1. The maximum Gasteiger partial charge on any atom is 0.149 e. The van der Waals surface area contributed by atoms with Gasteiger partial charge in [-0.05, 0) is 23.8 Å². The van der Waals surface area contributed by atoms with E-state index in [0.717, 1.165) is 28.1 Å². The van der Waals surface area contributed by atoms with Gasteiger partial charge >= 0.3 is 0 Å². The van der Waals surface area contributed by atoms with Gasteiger partial charge in [-0.15, -0.1) is 0 Å². The van der Waals surface area contributed by atoms with Crippen LogP contribution < -0.4 is 11.1 Å². The van der Waals surface area contributed by atoms with Gasteiger partial charge in [-0.2, -0.15) is 0 Å². The van der Waals surface area contributed by atoms with E-state index in [1.807, 2.05) is 48.5 Å². The fourth-order valence-corrected chi connectivity index (χ4v) is 1.98. The van der Waals surface area contributed by atoms with Crippen molar-refractivity contribution in [2.24, 2.45) is 5.73 Å². The molecule has 0 amide bonds. The van der Waals surface area contributed by atoms with Crippen LogP contribution in [0, 0.1) is 0 Å². The Labute approximate surface area is 111 Å². The summed E-state index contributed by atoms with van der Waals surface area (Å²) >= 11 is 0. The predicted molar refractivity (Wildman–Crippen MR) is 77.2 cm³/mol. The monoisotopic (exact) mass is 250 g/mol. The molecule has 0 saturated carbocycles. The summed E-state index contributed by atoms with van der Waals surface area (Å²) in [4.78, 5) is 8.91. The molecular formula is C15H14N4. The summed E-state index contributed by atoms with van der Waals surface area (Å²) in [5.74, 6) is 0.722. The SMILES string of the molecule is NCc1ccccc1Nc1cnc2ccccc2n1. The van der Waals surface area contributed by atoms with E-state index in [2.05, 4.69) is 15.3 Å². The second kappa shape index (κ2) is 5.04. The van der Waals surface area contributed by atoms with Crippen LogP contribution >= 0.6 is 0 Å². The van der Waals surface area contributed by atoms with Crippen LogP contribution in [-0.4, -0.2) is 9.97 Å². The molecule has 19 heavy (non-hydrogen) atoms. The number of hydrogen-bond acceptors (Lipinski definition) is 4. The number of aromatic nitrogens is 2. The average Bonchev–Trinajstić information content (AvgIpc) is 2.48. The number of fused-ring (bicyclic) bond motifs is 1. The van der Waals surface area contributed by atoms with Crippen molar-refractivity contribution >= 4 is 22.5 Å². The molecule has 1 heterocycles. The van der Waals surface area contributed by atoms with Crippen molar-refractivity contribution in [1.29, 1.82) is 0 Å². The molecule has 3 rings (SSSR count). The van der Waals surface area contributed by atoms with Crippen molar-refractivity contribution < 1.29 is 0 Å². The molecular weight excluding hydrogens is 236 g/mol. The van der Waals surface area contributed by atoms with Crippen LogP contribution in [0.4, 0.5) is 11.5 Å². The van der Waals surface area contributed by atoms with Crippen LogP contribution in [0.25, 0.3) is 11.0 Å². The highest BCUT2D eigenvalue weighted by Crippen LogP contribution is 2.20. The molecule has 0 unspecified atom stereocenters. The van der Waals surface area contributed by atoms with Crippen molar-refractivity contribution in [3.8, 4) is 0 Å². The van der Waals surface area contributed by atoms with E-state index in [1.54, 1.807) is 6.20 Å². The topological polar surface area (TPSA) is 63.8 Å². The lowest BCUT2D eigenvalue weighted by Gasteiger charge is -2.10. The molecule has 0 spiro atoms. The molecule has 0 saturated heterocycles. The predicted octanol–water partition coefficient (Wildman–Crippen LogP) is 2.83. The molecule has 4 heteroatoms. The van der Waals surface area contributed by atoms with E-state index in [4.69, 9.17) is 5.73 Å². The van der Waals surface area contributed by atoms with E-state index in [9.17, 15) is 0 Å². The Hall–Kier alpha value is -2.46. The third-order valence-corrected chi connectivity index (χ3v) is 2.95. The number of nitrogens with one attached hydrogen (secondary N) is 1. The standard InChI is InChI=1S/C15H14N4/c16-9-11-5-1-2-6-12(11)18-15-10-17-13-7-3-4-8-14(13)19-15/h1-8,10H,9,16H2,(H,18,19). The van der Waals surface area contributed by atoms with Gasteiger partial charge in [0.05, 0.1) is 17.2 Å². The zero-order valence-electron chi connectivity index (χ0n) is 10.4. The van der Waals surface area contributed by atoms with Crippen molar-refractivity contribution in [1.82, 2.24) is 9.97 Å². The molecule has 0 radical (unpaired) electrons. The van der Waals surface area contributed by atoms with Gasteiger partial charge in [0.25, 0.3) is 0 Å². The van der Waals surface area contributed by atoms with E-state index in [-0.39, 0.29) is 0 Å². The second-order valence-electron chi connectivity index (χ2n) is 4.23. The Kier molecular flexibility index (Phi) is 3.08. The molecule has 1 aromatic heterocycles. The van der Waals surface area contributed by atoms with Gasteiger partial charge in [0.1, 0.15) is 5.82 Å². The van der Waals surface area contributed by atoms with Gasteiger partial charge in [-0.3, -0.25) is 4.98 Å². The Morgan fingerprint density at radius 2 is 1.68 bits per heavy atom. The summed E-state index contributed by atoms with van der Waals surface area (Å²) in [5, 5.41) is 3.26. The van der Waals surface area contributed by atoms with Gasteiger partial charge < -0.3 is 11.1 Å². The molecule has 3 N–H and O–H groups in total. The number of para-hydroxylation sites is 3. The molecule has 0 aliphatic rings. The minimum Gasteiger partial charge on any atom is -0.339 e. The molecule has 94 valence electrons. The highest BCUT2D eigenvalue weighted by atomic mass is 15.0. The summed E-state index contributed by atoms with van der Waals surface area (Å²) in [7, 11) is 0. The van der Waals surface area contributed by atoms with Gasteiger partial charge in [0.15, 0.2) is 0 Å². The zero-order chi connectivity index (χ0) is 13.1. The van der Waals surface area contributed by atoms with Crippen LogP contribution in [0.15, 0.2) is 54.7 Å². The lowest BCUT2D eigenvalue weighted by molar-refractivity contribution is 1.07. The Balaban J connectivity index is 1.96. The second-order valence-corrected chi connectivity index (χ2v) is 4.23. The third kappa shape index (κ3) is 2.39. The minimum absolute atomic E-state index is 0.490. The van der Waals surface area contributed by atoms with Crippen molar-refractivity contribution in [3.63, 3.8) is 0 Å². The summed E-state index contributed by atoms with van der Waals surface area (Å²) in [5.41, 5.74) is 9.50. The van der Waals surface area contributed by atoms with Crippen LogP contribution in [-0.2, 0) is 6.54 Å². The Bertz CT molecular complexity index is 709. The number of hydrogen-bond donors (Lipinski definition) is 2. The molecule has 0 fully saturated rings. The van der Waals surface area contributed by atoms with E-state index in [0.29, 0.717) is 6.54 Å². The normalized spacial score (nSPS) is 10.6. The van der Waals surface area contributed by atoms with Crippen LogP contribution in [0.2, 0.25) is 0 Å². The Morgan fingerprint density at radius 3 is 2.53 bits per heavy atom. The van der Waals surface area contributed by atoms with Crippen molar-refractivity contribution in [2.45, 2.75) is 6.54 Å². The molecule has 0 aliphatic heterocycles. The lowest BCUT2D eigenvalue weighted by Crippen LogP contribution is -2.02. The first-order valence-corrected chi connectivity index (χ1v) is 6.13. The quantitative estimate of drug-likeness (QED) is 0.750. The van der Waals surface area contributed by atoms with E-state index >= 15 is 0 Å². The Morgan fingerprint density at radius 1 is 0.947 bits per heavy atom. The fraction of sp³-hybridized carbons (Fsp3) is 0.0667. The van der Waals surface area contributed by atoms with Crippen LogP contribution in [0.5, 0.6) is 0 Å². The first kappa shape index (κ1) is 11.6. The lowest BCUT2D eigenvalue weighted by atomic mass is 10.2. The van der Waals surface area contributed by atoms with Gasteiger partial charge in [-0.1, -0.05) is 30.3 Å². The maximum atomic E-state index is 5.72. The molecule has 4 nitrogen and oxygen atoms in total. The minimum atomic E-state index is 0.490. The van der Waals surface area contributed by atoms with Crippen molar-refractivity contribution in [3.05, 3.63) is 60.3 Å². The maximum absolute atomic E-state index is 5.72. The van der Waals surface area contributed by atoms with E-state index < -0.39 is 0 Å². The number of benzene rings is 2. The fourth-order valence-electron chi connectivity index (χ4n) is 1.98. The number of anilines is 2. The first-order valence-electron chi connectivity index (χ1n) is 6.13. The molecule has 2 aromatic carbocycles. The summed E-state index contributed by atoms with van der Waals surface area (Å²) < 4.78 is 0. The largest absolute Gasteiger partial charge is 0.339 e. The number of rotatable bonds is 3. The molecule has 3 aromatic rings. The highest BCUT2D eigenvalue weighted by Gasteiger charge is 2.03. The highest BCUT2D eigenvalue weighted by molar-refractivity contribution is 5.76. The first-order chi connectivity index (χ1) is 9.36. The zero-order valence-corrected chi connectivity index (χ0v) is 10.4. The van der Waals surface area contributed by atoms with Gasteiger partial charge in [-0.25, -0.2) is 4.98 Å². The summed E-state index contributed by atoms with van der Waals surface area (Å²) in [6, 6.07) is 15.7.